The van der Waals surface area contributed by atoms with E-state index in [0.717, 1.165) is 30.7 Å². The van der Waals surface area contributed by atoms with E-state index in [1.54, 1.807) is 6.20 Å². The van der Waals surface area contributed by atoms with Crippen molar-refractivity contribution in [3.63, 3.8) is 0 Å². The lowest BCUT2D eigenvalue weighted by molar-refractivity contribution is 0.606. The van der Waals surface area contributed by atoms with Crippen molar-refractivity contribution in [2.24, 2.45) is 12.8 Å². The highest BCUT2D eigenvalue weighted by molar-refractivity contribution is 5.13. The van der Waals surface area contributed by atoms with Gasteiger partial charge in [-0.05, 0) is 24.6 Å². The molecular formula is C14H20N4. The van der Waals surface area contributed by atoms with Crippen molar-refractivity contribution in [2.45, 2.75) is 32.2 Å². The lowest BCUT2D eigenvalue weighted by Gasteiger charge is -2.10. The Hall–Kier alpha value is -1.68. The first-order valence-electron chi connectivity index (χ1n) is 6.36. The molecule has 0 aliphatic carbocycles. The zero-order valence-electron chi connectivity index (χ0n) is 11.0. The van der Waals surface area contributed by atoms with Crippen molar-refractivity contribution >= 4 is 0 Å². The third-order valence-corrected chi connectivity index (χ3v) is 3.06. The summed E-state index contributed by atoms with van der Waals surface area (Å²) in [6.45, 7) is 2.11. The zero-order chi connectivity index (χ0) is 13.0. The summed E-state index contributed by atoms with van der Waals surface area (Å²) in [5.74, 6) is 0. The van der Waals surface area contributed by atoms with Crippen LogP contribution in [0.15, 0.2) is 30.5 Å². The van der Waals surface area contributed by atoms with Gasteiger partial charge in [0, 0.05) is 43.5 Å². The van der Waals surface area contributed by atoms with Crippen LogP contribution in [0.2, 0.25) is 0 Å². The number of nitrogens with zero attached hydrogens (tertiary/aromatic N) is 3. The largest absolute Gasteiger partial charge is 0.327 e. The fourth-order valence-corrected chi connectivity index (χ4v) is 2.06. The van der Waals surface area contributed by atoms with Gasteiger partial charge in [-0.15, -0.1) is 0 Å². The molecule has 0 spiro atoms. The van der Waals surface area contributed by atoms with E-state index >= 15 is 0 Å². The molecule has 0 saturated carbocycles. The minimum atomic E-state index is 0.0833. The minimum absolute atomic E-state index is 0.0833. The Labute approximate surface area is 108 Å². The molecule has 0 aliphatic rings. The van der Waals surface area contributed by atoms with E-state index in [1.807, 2.05) is 29.9 Å². The van der Waals surface area contributed by atoms with Crippen LogP contribution in [0.25, 0.3) is 0 Å². The van der Waals surface area contributed by atoms with Gasteiger partial charge < -0.3 is 5.73 Å². The van der Waals surface area contributed by atoms with Gasteiger partial charge >= 0.3 is 0 Å². The van der Waals surface area contributed by atoms with E-state index in [1.165, 1.54) is 5.69 Å². The van der Waals surface area contributed by atoms with Crippen molar-refractivity contribution in [1.29, 1.82) is 0 Å². The molecule has 2 rings (SSSR count). The summed E-state index contributed by atoms with van der Waals surface area (Å²) in [6, 6.07) is 8.15. The summed E-state index contributed by atoms with van der Waals surface area (Å²) >= 11 is 0. The van der Waals surface area contributed by atoms with Gasteiger partial charge in [0.25, 0.3) is 0 Å². The van der Waals surface area contributed by atoms with Crippen molar-refractivity contribution in [3.8, 4) is 0 Å². The molecule has 0 aromatic carbocycles. The van der Waals surface area contributed by atoms with Crippen LogP contribution in [-0.2, 0) is 26.3 Å². The van der Waals surface area contributed by atoms with Gasteiger partial charge in [0.2, 0.25) is 0 Å². The Morgan fingerprint density at radius 2 is 2.11 bits per heavy atom. The first kappa shape index (κ1) is 12.8. The predicted octanol–water partition coefficient (Wildman–Crippen LogP) is 1.49. The number of hydrogen-bond donors (Lipinski definition) is 1. The lowest BCUT2D eigenvalue weighted by atomic mass is 10.1. The fourth-order valence-electron chi connectivity index (χ4n) is 2.06. The zero-order valence-corrected chi connectivity index (χ0v) is 11.0. The summed E-state index contributed by atoms with van der Waals surface area (Å²) in [4.78, 5) is 4.30. The molecule has 2 aromatic heterocycles. The first-order valence-corrected chi connectivity index (χ1v) is 6.36. The Bertz CT molecular complexity index is 490. The Balaban J connectivity index is 1.98. The van der Waals surface area contributed by atoms with Gasteiger partial charge in [0.1, 0.15) is 0 Å². The summed E-state index contributed by atoms with van der Waals surface area (Å²) in [5, 5.41) is 4.43. The number of aryl methyl sites for hydroxylation is 2. The van der Waals surface area contributed by atoms with Crippen molar-refractivity contribution < 1.29 is 0 Å². The van der Waals surface area contributed by atoms with Gasteiger partial charge in [0.15, 0.2) is 0 Å². The molecule has 2 heterocycles. The van der Waals surface area contributed by atoms with Crippen LogP contribution in [0.1, 0.15) is 24.0 Å². The molecule has 2 N–H and O–H groups in total. The number of rotatable bonds is 5. The molecule has 4 heteroatoms. The van der Waals surface area contributed by atoms with Crippen molar-refractivity contribution in [3.05, 3.63) is 47.5 Å². The van der Waals surface area contributed by atoms with Gasteiger partial charge in [0.05, 0.1) is 5.69 Å². The highest BCUT2D eigenvalue weighted by Gasteiger charge is 2.10. The summed E-state index contributed by atoms with van der Waals surface area (Å²) in [5.41, 5.74) is 9.53. The molecule has 2 aromatic rings. The van der Waals surface area contributed by atoms with E-state index in [0.29, 0.717) is 0 Å². The molecule has 18 heavy (non-hydrogen) atoms. The van der Waals surface area contributed by atoms with Crippen LogP contribution >= 0.6 is 0 Å². The van der Waals surface area contributed by atoms with E-state index in [2.05, 4.69) is 23.1 Å². The van der Waals surface area contributed by atoms with Crippen LogP contribution in [-0.4, -0.2) is 20.8 Å². The number of hydrogen-bond acceptors (Lipinski definition) is 3. The van der Waals surface area contributed by atoms with Crippen molar-refractivity contribution in [1.82, 2.24) is 14.8 Å². The van der Waals surface area contributed by atoms with Crippen LogP contribution < -0.4 is 5.73 Å². The van der Waals surface area contributed by atoms with E-state index in [-0.39, 0.29) is 6.04 Å². The normalized spacial score (nSPS) is 12.6. The molecule has 1 unspecified atom stereocenters. The molecule has 0 amide bonds. The molecule has 0 fully saturated rings. The van der Waals surface area contributed by atoms with E-state index < -0.39 is 0 Å². The SMILES string of the molecule is CCc1cc(CC(N)Cc2ccccn2)n(C)n1. The molecule has 0 radical (unpaired) electrons. The van der Waals surface area contributed by atoms with E-state index in [9.17, 15) is 0 Å². The second-order valence-electron chi connectivity index (χ2n) is 4.59. The average Bonchev–Trinajstić information content (AvgIpc) is 2.71. The van der Waals surface area contributed by atoms with Crippen LogP contribution in [0.4, 0.5) is 0 Å². The summed E-state index contributed by atoms with van der Waals surface area (Å²) < 4.78 is 1.93. The Kier molecular flexibility index (Phi) is 4.10. The molecule has 4 nitrogen and oxygen atoms in total. The molecule has 0 saturated heterocycles. The van der Waals surface area contributed by atoms with E-state index in [4.69, 9.17) is 5.73 Å². The van der Waals surface area contributed by atoms with Gasteiger partial charge in [-0.3, -0.25) is 9.67 Å². The highest BCUT2D eigenvalue weighted by atomic mass is 15.3. The highest BCUT2D eigenvalue weighted by Crippen LogP contribution is 2.08. The van der Waals surface area contributed by atoms with Crippen LogP contribution in [0.3, 0.4) is 0 Å². The number of aromatic nitrogens is 3. The molecule has 1 atom stereocenters. The van der Waals surface area contributed by atoms with Gasteiger partial charge in [-0.25, -0.2) is 0 Å². The predicted molar refractivity (Wildman–Crippen MR) is 72.2 cm³/mol. The number of pyridine rings is 1. The summed E-state index contributed by atoms with van der Waals surface area (Å²) in [7, 11) is 1.97. The van der Waals surface area contributed by atoms with Crippen LogP contribution in [0, 0.1) is 0 Å². The molecule has 96 valence electrons. The molecular weight excluding hydrogens is 224 g/mol. The van der Waals surface area contributed by atoms with Gasteiger partial charge in [-0.1, -0.05) is 13.0 Å². The molecule has 0 aliphatic heterocycles. The third kappa shape index (κ3) is 3.17. The maximum absolute atomic E-state index is 6.18. The van der Waals surface area contributed by atoms with Gasteiger partial charge in [-0.2, -0.15) is 5.10 Å². The third-order valence-electron chi connectivity index (χ3n) is 3.06. The maximum atomic E-state index is 6.18. The number of nitrogens with two attached hydrogens (primary N) is 1. The fraction of sp³-hybridized carbons (Fsp3) is 0.429. The second kappa shape index (κ2) is 5.78. The standard InChI is InChI=1S/C14H20N4/c1-3-12-10-14(18(2)17-12)9-11(15)8-13-6-4-5-7-16-13/h4-7,10-11H,3,8-9,15H2,1-2H3. The smallest absolute Gasteiger partial charge is 0.0624 e. The van der Waals surface area contributed by atoms with Crippen LogP contribution in [0.5, 0.6) is 0 Å². The lowest BCUT2D eigenvalue weighted by Crippen LogP contribution is -2.27. The summed E-state index contributed by atoms with van der Waals surface area (Å²) in [6.07, 6.45) is 4.40. The molecule has 0 bridgehead atoms. The Morgan fingerprint density at radius 3 is 2.72 bits per heavy atom. The average molecular weight is 244 g/mol. The second-order valence-corrected chi connectivity index (χ2v) is 4.59. The monoisotopic (exact) mass is 244 g/mol. The minimum Gasteiger partial charge on any atom is -0.327 e. The Morgan fingerprint density at radius 1 is 1.28 bits per heavy atom. The maximum Gasteiger partial charge on any atom is 0.0624 e. The first-order chi connectivity index (χ1) is 8.69. The van der Waals surface area contributed by atoms with Crippen molar-refractivity contribution in [2.75, 3.05) is 0 Å². The quantitative estimate of drug-likeness (QED) is 0.867. The topological polar surface area (TPSA) is 56.7 Å².